The van der Waals surface area contributed by atoms with Crippen molar-refractivity contribution < 1.29 is 4.79 Å². The number of carbonyl (C=O) groups is 1. The summed E-state index contributed by atoms with van der Waals surface area (Å²) in [5.41, 5.74) is 1.22. The van der Waals surface area contributed by atoms with Crippen LogP contribution in [-0.2, 0) is 11.3 Å². The molecule has 0 amide bonds. The molecule has 0 aliphatic carbocycles. The molecule has 0 bridgehead atoms. The highest BCUT2D eigenvalue weighted by Gasteiger charge is 2.20. The van der Waals surface area contributed by atoms with Gasteiger partial charge in [0.15, 0.2) is 0 Å². The molecule has 1 fully saturated rings. The van der Waals surface area contributed by atoms with Crippen molar-refractivity contribution in [1.82, 2.24) is 10.2 Å². The minimum Gasteiger partial charge on any atom is -0.302 e. The van der Waals surface area contributed by atoms with Gasteiger partial charge < -0.3 is 4.79 Å². The van der Waals surface area contributed by atoms with E-state index in [9.17, 15) is 4.79 Å². The molecule has 1 aromatic carbocycles. The summed E-state index contributed by atoms with van der Waals surface area (Å²) >= 11 is 5.80. The highest BCUT2D eigenvalue weighted by molar-refractivity contribution is 6.30. The Bertz CT molecular complexity index is 339. The number of nitrogens with one attached hydrogen (secondary N) is 1. The van der Waals surface area contributed by atoms with Gasteiger partial charge in [0, 0.05) is 24.8 Å². The van der Waals surface area contributed by atoms with E-state index >= 15 is 0 Å². The molecule has 0 saturated carbocycles. The lowest BCUT2D eigenvalue weighted by molar-refractivity contribution is -0.109. The largest absolute Gasteiger partial charge is 0.302 e. The molecule has 1 atom stereocenters. The Balaban J connectivity index is 1.92. The van der Waals surface area contributed by atoms with Crippen molar-refractivity contribution >= 4 is 17.9 Å². The van der Waals surface area contributed by atoms with Crippen LogP contribution in [0.1, 0.15) is 5.56 Å². The number of rotatable bonds is 3. The van der Waals surface area contributed by atoms with Crippen LogP contribution >= 0.6 is 11.6 Å². The van der Waals surface area contributed by atoms with E-state index in [0.29, 0.717) is 0 Å². The number of aldehydes is 1. The van der Waals surface area contributed by atoms with Gasteiger partial charge in [0.2, 0.25) is 0 Å². The summed E-state index contributed by atoms with van der Waals surface area (Å²) in [6.07, 6.45) is 0.960. The number of nitrogens with zero attached hydrogens (tertiary/aromatic N) is 1. The number of benzene rings is 1. The van der Waals surface area contributed by atoms with Crippen LogP contribution in [0.4, 0.5) is 0 Å². The highest BCUT2D eigenvalue weighted by atomic mass is 35.5. The second kappa shape index (κ2) is 4.75. The fraction of sp³-hybridized carbons (Fsp3) is 0.364. The lowest BCUT2D eigenvalue weighted by atomic mass is 10.2. The Labute approximate surface area is 94.0 Å². The average Bonchev–Trinajstić information content (AvgIpc) is 2.69. The molecule has 2 rings (SSSR count). The lowest BCUT2D eigenvalue weighted by Gasteiger charge is -2.13. The third-order valence-electron chi connectivity index (χ3n) is 2.52. The van der Waals surface area contributed by atoms with Crippen LogP contribution in [-0.4, -0.2) is 30.4 Å². The quantitative estimate of drug-likeness (QED) is 0.785. The molecule has 1 aliphatic rings. The topological polar surface area (TPSA) is 32.3 Å². The maximum Gasteiger partial charge on any atom is 0.138 e. The van der Waals surface area contributed by atoms with Gasteiger partial charge in [0.05, 0.1) is 6.04 Å². The second-order valence-corrected chi connectivity index (χ2v) is 4.18. The van der Waals surface area contributed by atoms with Gasteiger partial charge in [0.1, 0.15) is 6.29 Å². The van der Waals surface area contributed by atoms with Gasteiger partial charge in [-0.3, -0.25) is 10.2 Å². The Morgan fingerprint density at radius 1 is 1.47 bits per heavy atom. The van der Waals surface area contributed by atoms with E-state index < -0.39 is 0 Å². The van der Waals surface area contributed by atoms with Crippen molar-refractivity contribution in [3.8, 4) is 0 Å². The van der Waals surface area contributed by atoms with E-state index in [-0.39, 0.29) is 6.04 Å². The Hall–Kier alpha value is -0.900. The standard InChI is InChI=1S/C11H13ClN2O/c12-10-3-1-9(2-4-10)5-14-6-11(7-15)13-8-14/h1-4,7,11,13H,5-6,8H2. The van der Waals surface area contributed by atoms with Gasteiger partial charge in [-0.25, -0.2) is 0 Å². The summed E-state index contributed by atoms with van der Waals surface area (Å²) in [5.74, 6) is 0. The van der Waals surface area contributed by atoms with Crippen molar-refractivity contribution in [3.05, 3.63) is 34.9 Å². The minimum atomic E-state index is -0.0164. The number of hydrogen-bond acceptors (Lipinski definition) is 3. The zero-order valence-corrected chi connectivity index (χ0v) is 9.07. The zero-order valence-electron chi connectivity index (χ0n) is 8.32. The smallest absolute Gasteiger partial charge is 0.138 e. The fourth-order valence-electron chi connectivity index (χ4n) is 1.71. The number of carbonyl (C=O) groups excluding carboxylic acids is 1. The van der Waals surface area contributed by atoms with Crippen LogP contribution in [0.3, 0.4) is 0 Å². The van der Waals surface area contributed by atoms with Crippen molar-refractivity contribution in [2.75, 3.05) is 13.2 Å². The van der Waals surface area contributed by atoms with Gasteiger partial charge >= 0.3 is 0 Å². The summed E-state index contributed by atoms with van der Waals surface area (Å²) in [6.45, 7) is 2.41. The molecule has 1 N–H and O–H groups in total. The molecule has 0 radical (unpaired) electrons. The first-order valence-corrected chi connectivity index (χ1v) is 5.31. The van der Waals surface area contributed by atoms with Crippen molar-refractivity contribution in [2.24, 2.45) is 0 Å². The highest BCUT2D eigenvalue weighted by Crippen LogP contribution is 2.12. The van der Waals surface area contributed by atoms with Crippen LogP contribution in [0.2, 0.25) is 5.02 Å². The molecule has 1 saturated heterocycles. The van der Waals surface area contributed by atoms with Gasteiger partial charge in [-0.05, 0) is 17.7 Å². The van der Waals surface area contributed by atoms with Gasteiger partial charge in [0.25, 0.3) is 0 Å². The van der Waals surface area contributed by atoms with Crippen molar-refractivity contribution in [3.63, 3.8) is 0 Å². The first-order valence-electron chi connectivity index (χ1n) is 4.93. The van der Waals surface area contributed by atoms with Crippen molar-refractivity contribution in [2.45, 2.75) is 12.6 Å². The average molecular weight is 225 g/mol. The third-order valence-corrected chi connectivity index (χ3v) is 2.77. The molecule has 0 aromatic heterocycles. The Kier molecular flexibility index (Phi) is 3.36. The van der Waals surface area contributed by atoms with Crippen LogP contribution in [0.15, 0.2) is 24.3 Å². The predicted octanol–water partition coefficient (Wildman–Crippen LogP) is 1.27. The maximum absolute atomic E-state index is 10.5. The van der Waals surface area contributed by atoms with E-state index in [1.54, 1.807) is 0 Å². The van der Waals surface area contributed by atoms with Gasteiger partial charge in [-0.2, -0.15) is 0 Å². The van der Waals surface area contributed by atoms with Crippen LogP contribution < -0.4 is 5.32 Å². The third kappa shape index (κ3) is 2.78. The monoisotopic (exact) mass is 224 g/mol. The summed E-state index contributed by atoms with van der Waals surface area (Å²) in [4.78, 5) is 12.7. The van der Waals surface area contributed by atoms with Gasteiger partial charge in [-0.1, -0.05) is 23.7 Å². The summed E-state index contributed by atoms with van der Waals surface area (Å²) in [6, 6.07) is 7.78. The molecular formula is C11H13ClN2O. The molecule has 80 valence electrons. The molecule has 0 spiro atoms. The van der Waals surface area contributed by atoms with Crippen LogP contribution in [0.5, 0.6) is 0 Å². The SMILES string of the molecule is O=CC1CN(Cc2ccc(Cl)cc2)CN1. The molecule has 15 heavy (non-hydrogen) atoms. The van der Waals surface area contributed by atoms with E-state index in [1.165, 1.54) is 5.56 Å². The predicted molar refractivity (Wildman–Crippen MR) is 59.7 cm³/mol. The molecule has 1 heterocycles. The van der Waals surface area contributed by atoms with E-state index in [1.807, 2.05) is 24.3 Å². The fourth-order valence-corrected chi connectivity index (χ4v) is 1.84. The maximum atomic E-state index is 10.5. The molecule has 3 nitrogen and oxygen atoms in total. The van der Waals surface area contributed by atoms with E-state index in [4.69, 9.17) is 11.6 Å². The van der Waals surface area contributed by atoms with Crippen LogP contribution in [0.25, 0.3) is 0 Å². The first-order chi connectivity index (χ1) is 7.28. The molecule has 1 aliphatic heterocycles. The Morgan fingerprint density at radius 2 is 2.20 bits per heavy atom. The number of hydrogen-bond donors (Lipinski definition) is 1. The van der Waals surface area contributed by atoms with E-state index in [2.05, 4.69) is 10.2 Å². The van der Waals surface area contributed by atoms with Crippen LogP contribution in [0, 0.1) is 0 Å². The zero-order chi connectivity index (χ0) is 10.7. The summed E-state index contributed by atoms with van der Waals surface area (Å²) in [7, 11) is 0. The van der Waals surface area contributed by atoms with Crippen molar-refractivity contribution in [1.29, 1.82) is 0 Å². The first kappa shape index (κ1) is 10.6. The number of halogens is 1. The molecular weight excluding hydrogens is 212 g/mol. The minimum absolute atomic E-state index is 0.0164. The van der Waals surface area contributed by atoms with E-state index in [0.717, 1.165) is 31.1 Å². The molecule has 1 unspecified atom stereocenters. The lowest BCUT2D eigenvalue weighted by Crippen LogP contribution is -2.24. The van der Waals surface area contributed by atoms with Gasteiger partial charge in [-0.15, -0.1) is 0 Å². The normalized spacial score (nSPS) is 21.8. The summed E-state index contributed by atoms with van der Waals surface area (Å²) < 4.78 is 0. The Morgan fingerprint density at radius 3 is 2.80 bits per heavy atom. The second-order valence-electron chi connectivity index (χ2n) is 3.74. The summed E-state index contributed by atoms with van der Waals surface area (Å²) in [5, 5.41) is 3.87. The molecule has 1 aromatic rings. The molecule has 4 heteroatoms.